The predicted molar refractivity (Wildman–Crippen MR) is 57.1 cm³/mol. The first-order valence-electron chi connectivity index (χ1n) is 3.86. The van der Waals surface area contributed by atoms with Gasteiger partial charge in [-0.1, -0.05) is 18.2 Å². The summed E-state index contributed by atoms with van der Waals surface area (Å²) in [6.07, 6.45) is 0. The summed E-state index contributed by atoms with van der Waals surface area (Å²) in [6, 6.07) is 9.90. The minimum atomic E-state index is 0.119. The summed E-state index contributed by atoms with van der Waals surface area (Å²) < 4.78 is 1.75. The zero-order valence-corrected chi connectivity index (χ0v) is 8.19. The van der Waals surface area contributed by atoms with Gasteiger partial charge in [-0.2, -0.15) is 0 Å². The van der Waals surface area contributed by atoms with E-state index in [-0.39, 0.29) is 5.56 Å². The van der Waals surface area contributed by atoms with Gasteiger partial charge in [-0.15, -0.1) is 0 Å². The highest BCUT2D eigenvalue weighted by Gasteiger charge is 2.17. The lowest BCUT2D eigenvalue weighted by Gasteiger charge is -1.99. The third kappa shape index (κ3) is 0.957. The van der Waals surface area contributed by atoms with E-state index in [0.29, 0.717) is 0 Å². The molecule has 1 aromatic carbocycles. The Hall–Kier alpha value is -0.870. The van der Waals surface area contributed by atoms with Crippen LogP contribution >= 0.6 is 21.8 Å². The molecule has 0 saturated heterocycles. The van der Waals surface area contributed by atoms with E-state index >= 15 is 0 Å². The number of hydrogen-bond donors (Lipinski definition) is 0. The smallest absolute Gasteiger partial charge is 0.267 e. The first-order valence-corrected chi connectivity index (χ1v) is 5.97. The van der Waals surface area contributed by atoms with Gasteiger partial charge < -0.3 is 0 Å². The number of benzene rings is 1. The second kappa shape index (κ2) is 2.56. The highest BCUT2D eigenvalue weighted by molar-refractivity contribution is 8.76. The van der Waals surface area contributed by atoms with E-state index in [0.717, 1.165) is 15.8 Å². The van der Waals surface area contributed by atoms with Gasteiger partial charge in [-0.05, 0) is 22.9 Å². The van der Waals surface area contributed by atoms with Gasteiger partial charge in [0.2, 0.25) is 0 Å². The van der Waals surface area contributed by atoms with Crippen LogP contribution < -0.4 is 5.56 Å². The van der Waals surface area contributed by atoms with Gasteiger partial charge in [0.05, 0.1) is 10.4 Å². The molecule has 0 spiro atoms. The average molecular weight is 207 g/mol. The van der Waals surface area contributed by atoms with Gasteiger partial charge in [-0.3, -0.25) is 4.79 Å². The van der Waals surface area contributed by atoms with Gasteiger partial charge in [0.25, 0.3) is 5.56 Å². The van der Waals surface area contributed by atoms with Crippen molar-refractivity contribution in [2.45, 2.75) is 4.90 Å². The lowest BCUT2D eigenvalue weighted by Crippen LogP contribution is -2.10. The van der Waals surface area contributed by atoms with Crippen LogP contribution in [0.2, 0.25) is 0 Å². The summed E-state index contributed by atoms with van der Waals surface area (Å²) in [5.41, 5.74) is 1.12. The molecule has 3 rings (SSSR count). The maximum absolute atomic E-state index is 11.6. The summed E-state index contributed by atoms with van der Waals surface area (Å²) in [6.45, 7) is 0. The molecule has 13 heavy (non-hydrogen) atoms. The standard InChI is InChI=1S/C9H5NOS2/c11-9-8-5-6-3-1-2-4-7(6)10(9)13-12-8/h1-5H. The van der Waals surface area contributed by atoms with Crippen molar-refractivity contribution in [3.63, 3.8) is 0 Å². The van der Waals surface area contributed by atoms with E-state index in [1.165, 1.54) is 21.8 Å². The maximum atomic E-state index is 11.6. The van der Waals surface area contributed by atoms with E-state index in [1.807, 2.05) is 30.3 Å². The lowest BCUT2D eigenvalue weighted by atomic mass is 10.2. The first-order chi connectivity index (χ1) is 6.36. The number of pyridine rings is 1. The first kappa shape index (κ1) is 7.53. The number of aromatic nitrogens is 1. The van der Waals surface area contributed by atoms with E-state index in [4.69, 9.17) is 0 Å². The van der Waals surface area contributed by atoms with Gasteiger partial charge in [-0.25, -0.2) is 3.97 Å². The number of nitrogens with zero attached hydrogens (tertiary/aromatic N) is 1. The molecule has 2 aromatic rings. The molecule has 0 fully saturated rings. The molecule has 2 nitrogen and oxygen atoms in total. The monoisotopic (exact) mass is 207 g/mol. The van der Waals surface area contributed by atoms with Crippen molar-refractivity contribution in [2.24, 2.45) is 0 Å². The molecule has 0 atom stereocenters. The summed E-state index contributed by atoms with van der Waals surface area (Å²) in [4.78, 5) is 12.4. The molecular formula is C9H5NOS2. The Balaban J connectivity index is 2.61. The Morgan fingerprint density at radius 3 is 3.00 bits per heavy atom. The fourth-order valence-electron chi connectivity index (χ4n) is 1.42. The molecule has 2 bridgehead atoms. The summed E-state index contributed by atoms with van der Waals surface area (Å²) in [5, 5.41) is 1.13. The molecule has 0 radical (unpaired) electrons. The van der Waals surface area contributed by atoms with Crippen LogP contribution in [0.1, 0.15) is 0 Å². The maximum Gasteiger partial charge on any atom is 0.276 e. The van der Waals surface area contributed by atoms with Crippen LogP contribution in [-0.2, 0) is 0 Å². The fourth-order valence-corrected chi connectivity index (χ4v) is 3.65. The van der Waals surface area contributed by atoms with Crippen LogP contribution in [0.3, 0.4) is 0 Å². The molecule has 1 aliphatic heterocycles. The van der Waals surface area contributed by atoms with Gasteiger partial charge in [0.15, 0.2) is 0 Å². The Labute approximate surface area is 82.5 Å². The van der Waals surface area contributed by atoms with Gasteiger partial charge >= 0.3 is 0 Å². The van der Waals surface area contributed by atoms with Gasteiger partial charge in [0.1, 0.15) is 0 Å². The minimum Gasteiger partial charge on any atom is -0.267 e. The largest absolute Gasteiger partial charge is 0.276 e. The highest BCUT2D eigenvalue weighted by atomic mass is 33.1. The van der Waals surface area contributed by atoms with E-state index in [9.17, 15) is 4.79 Å². The van der Waals surface area contributed by atoms with Crippen LogP contribution in [0.25, 0.3) is 10.9 Å². The fraction of sp³-hybridized carbons (Fsp3) is 0. The molecule has 0 saturated carbocycles. The van der Waals surface area contributed by atoms with E-state index in [2.05, 4.69) is 0 Å². The van der Waals surface area contributed by atoms with Crippen LogP contribution in [0.4, 0.5) is 0 Å². The molecule has 0 unspecified atom stereocenters. The van der Waals surface area contributed by atoms with Crippen LogP contribution in [0.15, 0.2) is 40.0 Å². The molecule has 0 aliphatic carbocycles. The molecule has 1 aliphatic rings. The zero-order valence-electron chi connectivity index (χ0n) is 6.56. The van der Waals surface area contributed by atoms with Crippen molar-refractivity contribution in [1.82, 2.24) is 3.97 Å². The van der Waals surface area contributed by atoms with Crippen molar-refractivity contribution in [1.29, 1.82) is 0 Å². The van der Waals surface area contributed by atoms with Crippen LogP contribution in [-0.4, -0.2) is 3.97 Å². The van der Waals surface area contributed by atoms with Crippen LogP contribution in [0.5, 0.6) is 0 Å². The zero-order chi connectivity index (χ0) is 8.84. The molecule has 0 N–H and O–H groups in total. The summed E-state index contributed by atoms with van der Waals surface area (Å²) >= 11 is 0. The Bertz CT molecular complexity index is 547. The predicted octanol–water partition coefficient (Wildman–Crippen LogP) is 2.52. The average Bonchev–Trinajstić information content (AvgIpc) is 2.43. The number of para-hydroxylation sites is 1. The Morgan fingerprint density at radius 1 is 1.23 bits per heavy atom. The van der Waals surface area contributed by atoms with Crippen molar-refractivity contribution in [2.75, 3.05) is 0 Å². The Kier molecular flexibility index (Phi) is 1.48. The topological polar surface area (TPSA) is 22.0 Å². The second-order valence-electron chi connectivity index (χ2n) is 2.82. The van der Waals surface area contributed by atoms with Crippen molar-refractivity contribution in [3.8, 4) is 0 Å². The molecule has 4 heteroatoms. The van der Waals surface area contributed by atoms with Crippen molar-refractivity contribution < 1.29 is 0 Å². The normalized spacial score (nSPS) is 13.8. The third-order valence-corrected chi connectivity index (χ3v) is 4.31. The lowest BCUT2D eigenvalue weighted by molar-refractivity contribution is 1.15. The summed E-state index contributed by atoms with van der Waals surface area (Å²) in [7, 11) is 3.03. The Morgan fingerprint density at radius 2 is 2.08 bits per heavy atom. The number of fused-ring (bicyclic) bond motifs is 4. The van der Waals surface area contributed by atoms with Crippen molar-refractivity contribution in [3.05, 3.63) is 40.7 Å². The SMILES string of the molecule is O=c1c2cc3ccccc3n1SS2. The minimum absolute atomic E-state index is 0.119. The molecule has 2 heterocycles. The molecule has 64 valence electrons. The van der Waals surface area contributed by atoms with Crippen LogP contribution in [0, 0.1) is 0 Å². The second-order valence-corrected chi connectivity index (χ2v) is 4.89. The number of rotatable bonds is 0. The molecule has 0 amide bonds. The third-order valence-electron chi connectivity index (χ3n) is 2.04. The van der Waals surface area contributed by atoms with Gasteiger partial charge in [0, 0.05) is 16.4 Å². The molecule has 1 aromatic heterocycles. The van der Waals surface area contributed by atoms with Crippen molar-refractivity contribution >= 4 is 32.7 Å². The van der Waals surface area contributed by atoms with E-state index in [1.54, 1.807) is 3.97 Å². The highest BCUT2D eigenvalue weighted by Crippen LogP contribution is 2.38. The molecular weight excluding hydrogens is 202 g/mol. The van der Waals surface area contributed by atoms with E-state index < -0.39 is 0 Å². The quantitative estimate of drug-likeness (QED) is 0.620. The summed E-state index contributed by atoms with van der Waals surface area (Å²) in [5.74, 6) is 0. The number of hydrogen-bond acceptors (Lipinski definition) is 3.